The zero-order valence-corrected chi connectivity index (χ0v) is 14.7. The van der Waals surface area contributed by atoms with Crippen LogP contribution in [-0.4, -0.2) is 20.5 Å². The van der Waals surface area contributed by atoms with Crippen molar-refractivity contribution in [2.45, 2.75) is 18.5 Å². The number of hydrogen-bond acceptors (Lipinski definition) is 4. The number of nitriles is 1. The average molecular weight is 355 g/mol. The van der Waals surface area contributed by atoms with Crippen molar-refractivity contribution in [3.8, 4) is 23.1 Å². The molecule has 0 aliphatic rings. The number of thioether (sulfide) groups is 1. The van der Waals surface area contributed by atoms with Gasteiger partial charge in [0.15, 0.2) is 11.0 Å². The predicted octanol–water partition coefficient (Wildman–Crippen LogP) is 4.90. The first-order valence-corrected chi connectivity index (χ1v) is 8.83. The Hall–Kier alpha value is -2.29. The Balaban J connectivity index is 2.09. The van der Waals surface area contributed by atoms with Crippen molar-refractivity contribution in [1.82, 2.24) is 14.8 Å². The van der Waals surface area contributed by atoms with Crippen LogP contribution in [0.3, 0.4) is 0 Å². The summed E-state index contributed by atoms with van der Waals surface area (Å²) in [4.78, 5) is 0. The standard InChI is InChI=1S/C18H15ClN4S/c1-13-4-2-5-16(12-13)23-17(14-6-8-15(19)9-7-14)21-22-18(23)24-11-3-10-20/h2,4-9,12H,3,11H2,1H3. The molecule has 0 N–H and O–H groups in total. The molecular weight excluding hydrogens is 340 g/mol. The first-order chi connectivity index (χ1) is 11.7. The van der Waals surface area contributed by atoms with Gasteiger partial charge in [0.25, 0.3) is 0 Å². The second-order valence-electron chi connectivity index (χ2n) is 5.24. The monoisotopic (exact) mass is 354 g/mol. The summed E-state index contributed by atoms with van der Waals surface area (Å²) >= 11 is 7.52. The van der Waals surface area contributed by atoms with Gasteiger partial charge >= 0.3 is 0 Å². The molecule has 0 atom stereocenters. The van der Waals surface area contributed by atoms with E-state index in [1.54, 1.807) is 0 Å². The molecule has 2 aromatic carbocycles. The fourth-order valence-corrected chi connectivity index (χ4v) is 3.26. The van der Waals surface area contributed by atoms with Gasteiger partial charge in [-0.05, 0) is 48.9 Å². The largest absolute Gasteiger partial charge is 0.270 e. The molecule has 1 heterocycles. The van der Waals surface area contributed by atoms with Gasteiger partial charge in [-0.15, -0.1) is 10.2 Å². The van der Waals surface area contributed by atoms with E-state index in [-0.39, 0.29) is 0 Å². The van der Waals surface area contributed by atoms with Gasteiger partial charge in [0.1, 0.15) is 0 Å². The lowest BCUT2D eigenvalue weighted by atomic mass is 10.2. The molecule has 0 bridgehead atoms. The summed E-state index contributed by atoms with van der Waals surface area (Å²) in [6, 6.07) is 17.9. The van der Waals surface area contributed by atoms with E-state index in [1.165, 1.54) is 11.8 Å². The van der Waals surface area contributed by atoms with E-state index in [2.05, 4.69) is 35.3 Å². The molecule has 0 amide bonds. The summed E-state index contributed by atoms with van der Waals surface area (Å²) in [5, 5.41) is 18.9. The lowest BCUT2D eigenvalue weighted by molar-refractivity contribution is 0.884. The van der Waals surface area contributed by atoms with E-state index in [4.69, 9.17) is 16.9 Å². The number of hydrogen-bond donors (Lipinski definition) is 0. The van der Waals surface area contributed by atoms with Crippen LogP contribution in [0, 0.1) is 18.3 Å². The van der Waals surface area contributed by atoms with Crippen LogP contribution in [0.5, 0.6) is 0 Å². The molecule has 3 rings (SSSR count). The summed E-state index contributed by atoms with van der Waals surface area (Å²) in [5.41, 5.74) is 3.11. The van der Waals surface area contributed by atoms with Crippen LogP contribution in [0.15, 0.2) is 53.7 Å². The first kappa shape index (κ1) is 16.6. The molecule has 0 aliphatic heterocycles. The lowest BCUT2D eigenvalue weighted by Gasteiger charge is -2.11. The normalized spacial score (nSPS) is 10.5. The van der Waals surface area contributed by atoms with Crippen LogP contribution in [0.4, 0.5) is 0 Å². The van der Waals surface area contributed by atoms with E-state index >= 15 is 0 Å². The van der Waals surface area contributed by atoms with E-state index in [9.17, 15) is 0 Å². The maximum absolute atomic E-state index is 8.76. The minimum absolute atomic E-state index is 0.474. The number of aryl methyl sites for hydroxylation is 1. The second kappa shape index (κ2) is 7.52. The zero-order valence-electron chi connectivity index (χ0n) is 13.1. The van der Waals surface area contributed by atoms with Gasteiger partial charge in [-0.2, -0.15) is 5.26 Å². The SMILES string of the molecule is Cc1cccc(-n2c(SCCC#N)nnc2-c2ccc(Cl)cc2)c1. The molecule has 3 aromatic rings. The van der Waals surface area contributed by atoms with Crippen LogP contribution in [0.1, 0.15) is 12.0 Å². The number of halogens is 1. The van der Waals surface area contributed by atoms with Crippen molar-refractivity contribution >= 4 is 23.4 Å². The third-order valence-electron chi connectivity index (χ3n) is 3.44. The predicted molar refractivity (Wildman–Crippen MR) is 97.5 cm³/mol. The van der Waals surface area contributed by atoms with Crippen LogP contribution in [0.2, 0.25) is 5.02 Å². The van der Waals surface area contributed by atoms with Crippen LogP contribution >= 0.6 is 23.4 Å². The molecule has 4 nitrogen and oxygen atoms in total. The van der Waals surface area contributed by atoms with Crippen molar-refractivity contribution in [3.05, 3.63) is 59.1 Å². The number of nitrogens with zero attached hydrogens (tertiary/aromatic N) is 4. The third-order valence-corrected chi connectivity index (χ3v) is 4.62. The Bertz CT molecular complexity index is 881. The highest BCUT2D eigenvalue weighted by molar-refractivity contribution is 7.99. The minimum atomic E-state index is 0.474. The van der Waals surface area contributed by atoms with E-state index < -0.39 is 0 Å². The van der Waals surface area contributed by atoms with Crippen molar-refractivity contribution in [2.24, 2.45) is 0 Å². The van der Waals surface area contributed by atoms with Crippen LogP contribution < -0.4 is 0 Å². The summed E-state index contributed by atoms with van der Waals surface area (Å²) in [7, 11) is 0. The molecule has 6 heteroatoms. The Labute approximate surface area is 150 Å². The number of benzene rings is 2. The van der Waals surface area contributed by atoms with Crippen LogP contribution in [-0.2, 0) is 0 Å². The summed E-state index contributed by atoms with van der Waals surface area (Å²) in [6.45, 7) is 2.05. The van der Waals surface area contributed by atoms with Gasteiger partial charge < -0.3 is 0 Å². The van der Waals surface area contributed by atoms with E-state index in [0.717, 1.165) is 27.8 Å². The molecule has 0 saturated heterocycles. The summed E-state index contributed by atoms with van der Waals surface area (Å²) < 4.78 is 2.03. The fourth-order valence-electron chi connectivity index (χ4n) is 2.34. The molecule has 0 unspecified atom stereocenters. The Morgan fingerprint density at radius 2 is 1.96 bits per heavy atom. The minimum Gasteiger partial charge on any atom is -0.270 e. The Morgan fingerprint density at radius 3 is 2.67 bits per heavy atom. The molecule has 0 fully saturated rings. The van der Waals surface area contributed by atoms with Crippen molar-refractivity contribution in [1.29, 1.82) is 5.26 Å². The molecule has 24 heavy (non-hydrogen) atoms. The van der Waals surface area contributed by atoms with Gasteiger partial charge in [-0.25, -0.2) is 0 Å². The quantitative estimate of drug-likeness (QED) is 0.483. The van der Waals surface area contributed by atoms with E-state index in [1.807, 2.05) is 41.0 Å². The highest BCUT2D eigenvalue weighted by Gasteiger charge is 2.16. The van der Waals surface area contributed by atoms with Gasteiger partial charge in [0.2, 0.25) is 0 Å². The zero-order chi connectivity index (χ0) is 16.9. The topological polar surface area (TPSA) is 54.5 Å². The Kier molecular flexibility index (Phi) is 5.19. The highest BCUT2D eigenvalue weighted by atomic mass is 35.5. The molecule has 120 valence electrons. The number of aromatic nitrogens is 3. The highest BCUT2D eigenvalue weighted by Crippen LogP contribution is 2.29. The average Bonchev–Trinajstić information content (AvgIpc) is 3.00. The summed E-state index contributed by atoms with van der Waals surface area (Å²) in [6.07, 6.45) is 0.474. The molecule has 0 spiro atoms. The molecule has 0 aliphatic carbocycles. The fraction of sp³-hybridized carbons (Fsp3) is 0.167. The molecule has 0 radical (unpaired) electrons. The molecule has 0 saturated carbocycles. The number of rotatable bonds is 5. The van der Waals surface area contributed by atoms with Gasteiger partial charge in [-0.3, -0.25) is 4.57 Å². The molecule has 1 aromatic heterocycles. The van der Waals surface area contributed by atoms with Crippen LogP contribution in [0.25, 0.3) is 17.1 Å². The van der Waals surface area contributed by atoms with Gasteiger partial charge in [0.05, 0.1) is 6.07 Å². The maximum Gasteiger partial charge on any atom is 0.196 e. The van der Waals surface area contributed by atoms with Gasteiger partial charge in [-0.1, -0.05) is 35.5 Å². The second-order valence-corrected chi connectivity index (χ2v) is 6.74. The van der Waals surface area contributed by atoms with Crippen molar-refractivity contribution in [3.63, 3.8) is 0 Å². The van der Waals surface area contributed by atoms with Crippen molar-refractivity contribution < 1.29 is 0 Å². The van der Waals surface area contributed by atoms with Gasteiger partial charge in [0, 0.05) is 28.4 Å². The third kappa shape index (κ3) is 3.61. The lowest BCUT2D eigenvalue weighted by Crippen LogP contribution is -2.00. The smallest absolute Gasteiger partial charge is 0.196 e. The summed E-state index contributed by atoms with van der Waals surface area (Å²) in [5.74, 6) is 1.44. The maximum atomic E-state index is 8.76. The Morgan fingerprint density at radius 1 is 1.17 bits per heavy atom. The van der Waals surface area contributed by atoms with E-state index in [0.29, 0.717) is 17.2 Å². The molecular formula is C18H15ClN4S. The first-order valence-electron chi connectivity index (χ1n) is 7.47. The van der Waals surface area contributed by atoms with Crippen molar-refractivity contribution in [2.75, 3.05) is 5.75 Å².